The van der Waals surface area contributed by atoms with Crippen molar-refractivity contribution in [3.63, 3.8) is 0 Å². The molecular formula is C17H15F3O2. The lowest BCUT2D eigenvalue weighted by atomic mass is 10.0. The lowest BCUT2D eigenvalue weighted by Gasteiger charge is -2.13. The summed E-state index contributed by atoms with van der Waals surface area (Å²) in [5.74, 6) is -0.607. The van der Waals surface area contributed by atoms with Crippen LogP contribution in [-0.2, 0) is 12.6 Å². The summed E-state index contributed by atoms with van der Waals surface area (Å²) >= 11 is 0. The third-order valence-electron chi connectivity index (χ3n) is 3.31. The Bertz CT molecular complexity index is 649. The van der Waals surface area contributed by atoms with E-state index in [4.69, 9.17) is 4.74 Å². The number of aryl methyl sites for hydroxylation is 1. The van der Waals surface area contributed by atoms with E-state index in [1.54, 1.807) is 0 Å². The molecule has 22 heavy (non-hydrogen) atoms. The molecule has 0 saturated heterocycles. The first-order valence-corrected chi connectivity index (χ1v) is 6.74. The molecule has 2 rings (SSSR count). The van der Waals surface area contributed by atoms with Gasteiger partial charge in [-0.2, -0.15) is 13.2 Å². The molecule has 0 amide bonds. The van der Waals surface area contributed by atoms with Crippen molar-refractivity contribution in [1.29, 1.82) is 0 Å². The van der Waals surface area contributed by atoms with Crippen molar-refractivity contribution in [3.8, 4) is 5.75 Å². The van der Waals surface area contributed by atoms with E-state index >= 15 is 0 Å². The number of carbonyl (C=O) groups is 1. The number of carbonyl (C=O) groups excluding carboxylic acids is 1. The Kier molecular flexibility index (Phi) is 4.85. The van der Waals surface area contributed by atoms with Crippen LogP contribution < -0.4 is 4.74 Å². The number of halogens is 3. The van der Waals surface area contributed by atoms with E-state index in [1.807, 2.05) is 30.3 Å². The summed E-state index contributed by atoms with van der Waals surface area (Å²) in [5.41, 5.74) is 0.0880. The Labute approximate surface area is 126 Å². The van der Waals surface area contributed by atoms with Gasteiger partial charge in [0.1, 0.15) is 5.75 Å². The van der Waals surface area contributed by atoms with Gasteiger partial charge in [0.25, 0.3) is 0 Å². The highest BCUT2D eigenvalue weighted by molar-refractivity contribution is 5.96. The fraction of sp³-hybridized carbons (Fsp3) is 0.235. The highest BCUT2D eigenvalue weighted by Gasteiger charge is 2.34. The Hall–Kier alpha value is -2.30. The summed E-state index contributed by atoms with van der Waals surface area (Å²) in [6, 6.07) is 12.7. The van der Waals surface area contributed by atoms with Gasteiger partial charge in [-0.3, -0.25) is 4.79 Å². The fourth-order valence-corrected chi connectivity index (χ4v) is 2.15. The van der Waals surface area contributed by atoms with Crippen molar-refractivity contribution in [3.05, 3.63) is 65.2 Å². The fourth-order valence-electron chi connectivity index (χ4n) is 2.15. The maximum Gasteiger partial charge on any atom is 0.419 e. The van der Waals surface area contributed by atoms with Crippen molar-refractivity contribution >= 4 is 5.78 Å². The number of ether oxygens (including phenoxy) is 1. The predicted octanol–water partition coefficient (Wildman–Crippen LogP) is 4.53. The molecule has 0 radical (unpaired) electrons. The number of rotatable bonds is 5. The lowest BCUT2D eigenvalue weighted by molar-refractivity contribution is -0.138. The zero-order chi connectivity index (χ0) is 16.2. The lowest BCUT2D eigenvalue weighted by Crippen LogP contribution is -2.10. The molecule has 0 aromatic heterocycles. The van der Waals surface area contributed by atoms with E-state index in [1.165, 1.54) is 19.2 Å². The SMILES string of the molecule is COc1ccc(C(=O)CCc2ccccc2)cc1C(F)(F)F. The number of Topliss-reactive ketones (excluding diaryl/α,β-unsaturated/α-hetero) is 1. The number of ketones is 1. The van der Waals surface area contributed by atoms with Crippen molar-refractivity contribution in [1.82, 2.24) is 0 Å². The molecule has 0 fully saturated rings. The molecule has 116 valence electrons. The van der Waals surface area contributed by atoms with Gasteiger partial charge in [0.2, 0.25) is 0 Å². The van der Waals surface area contributed by atoms with E-state index in [9.17, 15) is 18.0 Å². The topological polar surface area (TPSA) is 26.3 Å². The zero-order valence-electron chi connectivity index (χ0n) is 12.0. The normalized spacial score (nSPS) is 11.3. The van der Waals surface area contributed by atoms with Gasteiger partial charge < -0.3 is 4.74 Å². The van der Waals surface area contributed by atoms with Crippen LogP contribution in [0.5, 0.6) is 5.75 Å². The Morgan fingerprint density at radius 1 is 1.09 bits per heavy atom. The summed E-state index contributed by atoms with van der Waals surface area (Å²) in [7, 11) is 1.17. The van der Waals surface area contributed by atoms with Gasteiger partial charge in [0.15, 0.2) is 5.78 Å². The molecule has 0 aliphatic heterocycles. The van der Waals surface area contributed by atoms with Crippen LogP contribution in [0, 0.1) is 0 Å². The number of hydrogen-bond donors (Lipinski definition) is 0. The van der Waals surface area contributed by atoms with Gasteiger partial charge >= 0.3 is 6.18 Å². The molecule has 0 bridgehead atoms. The number of hydrogen-bond acceptors (Lipinski definition) is 2. The van der Waals surface area contributed by atoms with E-state index in [2.05, 4.69) is 0 Å². The highest BCUT2D eigenvalue weighted by atomic mass is 19.4. The Morgan fingerprint density at radius 3 is 2.36 bits per heavy atom. The molecule has 0 atom stereocenters. The second kappa shape index (κ2) is 6.64. The second-order valence-corrected chi connectivity index (χ2v) is 4.82. The average molecular weight is 308 g/mol. The zero-order valence-corrected chi connectivity index (χ0v) is 12.0. The van der Waals surface area contributed by atoms with Crippen LogP contribution in [0.4, 0.5) is 13.2 Å². The van der Waals surface area contributed by atoms with Crippen molar-refractivity contribution < 1.29 is 22.7 Å². The third-order valence-corrected chi connectivity index (χ3v) is 3.31. The van der Waals surface area contributed by atoms with Gasteiger partial charge in [-0.05, 0) is 30.2 Å². The van der Waals surface area contributed by atoms with Crippen LogP contribution in [-0.4, -0.2) is 12.9 Å². The summed E-state index contributed by atoms with van der Waals surface area (Å²) in [6.45, 7) is 0. The minimum Gasteiger partial charge on any atom is -0.496 e. The smallest absolute Gasteiger partial charge is 0.419 e. The largest absolute Gasteiger partial charge is 0.496 e. The molecule has 0 N–H and O–H groups in total. The quantitative estimate of drug-likeness (QED) is 0.759. The summed E-state index contributed by atoms with van der Waals surface area (Å²) < 4.78 is 43.5. The van der Waals surface area contributed by atoms with Crippen LogP contribution in [0.25, 0.3) is 0 Å². The van der Waals surface area contributed by atoms with Gasteiger partial charge in [-0.25, -0.2) is 0 Å². The van der Waals surface area contributed by atoms with Crippen molar-refractivity contribution in [2.45, 2.75) is 19.0 Å². The molecule has 0 aliphatic rings. The van der Waals surface area contributed by atoms with Crippen molar-refractivity contribution in [2.24, 2.45) is 0 Å². The van der Waals surface area contributed by atoms with Crippen LogP contribution in [0.3, 0.4) is 0 Å². The van der Waals surface area contributed by atoms with E-state index in [0.29, 0.717) is 6.42 Å². The molecule has 2 nitrogen and oxygen atoms in total. The van der Waals surface area contributed by atoms with E-state index < -0.39 is 11.7 Å². The summed E-state index contributed by atoms with van der Waals surface area (Å²) in [6.07, 6.45) is -3.90. The monoisotopic (exact) mass is 308 g/mol. The van der Waals surface area contributed by atoms with Gasteiger partial charge in [0.05, 0.1) is 12.7 Å². The number of methoxy groups -OCH3 is 1. The predicted molar refractivity (Wildman–Crippen MR) is 77.1 cm³/mol. The maximum absolute atomic E-state index is 12.9. The van der Waals surface area contributed by atoms with E-state index in [0.717, 1.165) is 11.6 Å². The molecule has 2 aromatic rings. The third kappa shape index (κ3) is 3.87. The van der Waals surface area contributed by atoms with Crippen LogP contribution in [0.15, 0.2) is 48.5 Å². The molecule has 0 spiro atoms. The molecule has 0 unspecified atom stereocenters. The maximum atomic E-state index is 12.9. The molecule has 2 aromatic carbocycles. The van der Waals surface area contributed by atoms with Crippen LogP contribution in [0.1, 0.15) is 27.9 Å². The average Bonchev–Trinajstić information content (AvgIpc) is 2.52. The first-order valence-electron chi connectivity index (χ1n) is 6.74. The summed E-state index contributed by atoms with van der Waals surface area (Å²) in [4.78, 5) is 12.1. The standard InChI is InChI=1S/C17H15F3O2/c1-22-16-10-8-13(11-14(16)17(18,19)20)15(21)9-7-12-5-3-2-4-6-12/h2-6,8,10-11H,7,9H2,1H3. The molecule has 0 saturated carbocycles. The first-order chi connectivity index (χ1) is 10.4. The number of benzene rings is 2. The molecular weight excluding hydrogens is 293 g/mol. The van der Waals surface area contributed by atoms with Gasteiger partial charge in [-0.15, -0.1) is 0 Å². The van der Waals surface area contributed by atoms with E-state index in [-0.39, 0.29) is 23.5 Å². The minimum absolute atomic E-state index is 0.0454. The molecule has 0 heterocycles. The molecule has 5 heteroatoms. The Morgan fingerprint density at radius 2 is 1.77 bits per heavy atom. The van der Waals surface area contributed by atoms with Crippen LogP contribution >= 0.6 is 0 Å². The number of alkyl halides is 3. The van der Waals surface area contributed by atoms with Gasteiger partial charge in [-0.1, -0.05) is 30.3 Å². The second-order valence-electron chi connectivity index (χ2n) is 4.82. The Balaban J connectivity index is 2.16. The first kappa shape index (κ1) is 16.1. The minimum atomic E-state index is -4.55. The summed E-state index contributed by atoms with van der Waals surface area (Å²) in [5, 5.41) is 0. The van der Waals surface area contributed by atoms with Crippen molar-refractivity contribution in [2.75, 3.05) is 7.11 Å². The van der Waals surface area contributed by atoms with Crippen LogP contribution in [0.2, 0.25) is 0 Å². The highest BCUT2D eigenvalue weighted by Crippen LogP contribution is 2.36. The molecule has 0 aliphatic carbocycles. The van der Waals surface area contributed by atoms with Gasteiger partial charge in [0, 0.05) is 12.0 Å².